The molecule has 1 aromatic carbocycles. The van der Waals surface area contributed by atoms with Crippen molar-refractivity contribution in [1.29, 1.82) is 0 Å². The highest BCUT2D eigenvalue weighted by Crippen LogP contribution is 2.31. The minimum Gasteiger partial charge on any atom is -0.335 e. The van der Waals surface area contributed by atoms with Crippen LogP contribution in [-0.4, -0.2) is 59.7 Å². The topological polar surface area (TPSA) is 99.3 Å². The summed E-state index contributed by atoms with van der Waals surface area (Å²) in [5.41, 5.74) is 7.95. The Labute approximate surface area is 224 Å². The van der Waals surface area contributed by atoms with Crippen molar-refractivity contribution in [3.8, 4) is 33.9 Å². The summed E-state index contributed by atoms with van der Waals surface area (Å²) in [6.45, 7) is 3.59. The Bertz CT molecular complexity index is 1780. The van der Waals surface area contributed by atoms with Crippen molar-refractivity contribution in [2.45, 2.75) is 25.7 Å². The second kappa shape index (κ2) is 9.99. The second-order valence-electron chi connectivity index (χ2n) is 10.1. The molecule has 9 heteroatoms. The smallest absolute Gasteiger partial charge is 0.178 e. The highest BCUT2D eigenvalue weighted by Gasteiger charge is 2.18. The van der Waals surface area contributed by atoms with E-state index in [1.54, 1.807) is 12.3 Å². The molecule has 7 rings (SSSR count). The van der Waals surface area contributed by atoms with Crippen LogP contribution < -0.4 is 0 Å². The molecule has 0 saturated carbocycles. The fraction of sp³-hybridized carbons (Fsp3) is 0.233. The van der Waals surface area contributed by atoms with Crippen molar-refractivity contribution in [3.05, 3.63) is 78.5 Å². The number of aromatic nitrogens is 7. The van der Waals surface area contributed by atoms with Gasteiger partial charge in [0.15, 0.2) is 17.2 Å². The van der Waals surface area contributed by atoms with E-state index >= 15 is 0 Å². The molecule has 5 aromatic heterocycles. The normalized spacial score (nSPS) is 14.1. The SMILES string of the molecule is Fc1cccc(-c2ccnc3nc(-c4n[nH]c5ccc(-c6cncc(CCCN7CCCC7)c6)nc45)[nH]c23)c1. The highest BCUT2D eigenvalue weighted by atomic mass is 19.1. The van der Waals surface area contributed by atoms with E-state index in [0.29, 0.717) is 22.7 Å². The summed E-state index contributed by atoms with van der Waals surface area (Å²) < 4.78 is 13.9. The first-order chi connectivity index (χ1) is 19.2. The Morgan fingerprint density at radius 1 is 0.949 bits per heavy atom. The van der Waals surface area contributed by atoms with E-state index in [9.17, 15) is 4.39 Å². The van der Waals surface area contributed by atoms with Crippen LogP contribution >= 0.6 is 0 Å². The molecule has 0 bridgehead atoms. The quantitative estimate of drug-likeness (QED) is 0.277. The summed E-state index contributed by atoms with van der Waals surface area (Å²) in [7, 11) is 0. The number of aryl methyl sites for hydroxylation is 1. The molecule has 6 aromatic rings. The number of hydrogen-bond acceptors (Lipinski definition) is 6. The standard InChI is InChI=1S/C30H27FN8/c31-22-7-3-6-20(16-22)23-10-11-33-29-26(23)35-30(36-29)28-27-25(37-38-28)9-8-24(34-27)21-15-19(17-32-18-21)5-4-14-39-12-1-2-13-39/h3,6-11,15-18H,1-2,4-5,12-14H2,(H,37,38)(H,33,35,36). The van der Waals surface area contributed by atoms with E-state index < -0.39 is 0 Å². The molecule has 1 saturated heterocycles. The van der Waals surface area contributed by atoms with Gasteiger partial charge in [-0.2, -0.15) is 5.10 Å². The third-order valence-electron chi connectivity index (χ3n) is 7.39. The Morgan fingerprint density at radius 2 is 1.87 bits per heavy atom. The summed E-state index contributed by atoms with van der Waals surface area (Å²) in [4.78, 5) is 24.5. The van der Waals surface area contributed by atoms with Crippen LogP contribution in [0, 0.1) is 5.82 Å². The van der Waals surface area contributed by atoms with Crippen LogP contribution in [0.4, 0.5) is 4.39 Å². The second-order valence-corrected chi connectivity index (χ2v) is 10.1. The van der Waals surface area contributed by atoms with Crippen molar-refractivity contribution in [3.63, 3.8) is 0 Å². The maximum atomic E-state index is 13.9. The van der Waals surface area contributed by atoms with Gasteiger partial charge in [0, 0.05) is 29.7 Å². The summed E-state index contributed by atoms with van der Waals surface area (Å²) >= 11 is 0. The molecule has 0 radical (unpaired) electrons. The van der Waals surface area contributed by atoms with Crippen LogP contribution in [0.3, 0.4) is 0 Å². The third kappa shape index (κ3) is 4.66. The summed E-state index contributed by atoms with van der Waals surface area (Å²) in [5.74, 6) is 0.253. The van der Waals surface area contributed by atoms with Gasteiger partial charge in [-0.15, -0.1) is 0 Å². The molecular formula is C30H27FN8. The Balaban J connectivity index is 1.20. The number of hydrogen-bond donors (Lipinski definition) is 2. The zero-order valence-corrected chi connectivity index (χ0v) is 21.4. The van der Waals surface area contributed by atoms with Crippen LogP contribution in [0.15, 0.2) is 67.1 Å². The molecule has 1 aliphatic rings. The molecule has 0 unspecified atom stereocenters. The minimum absolute atomic E-state index is 0.294. The lowest BCUT2D eigenvalue weighted by Crippen LogP contribution is -2.20. The lowest BCUT2D eigenvalue weighted by Gasteiger charge is -2.14. The highest BCUT2D eigenvalue weighted by molar-refractivity contribution is 5.94. The first-order valence-electron chi connectivity index (χ1n) is 13.3. The fourth-order valence-electron chi connectivity index (χ4n) is 5.42. The number of nitrogens with one attached hydrogen (secondary N) is 2. The summed E-state index contributed by atoms with van der Waals surface area (Å²) in [5, 5.41) is 7.59. The van der Waals surface area contributed by atoms with Gasteiger partial charge in [-0.25, -0.2) is 19.3 Å². The fourth-order valence-corrected chi connectivity index (χ4v) is 5.42. The number of nitrogens with zero attached hydrogens (tertiary/aromatic N) is 6. The third-order valence-corrected chi connectivity index (χ3v) is 7.39. The zero-order valence-electron chi connectivity index (χ0n) is 21.4. The van der Waals surface area contributed by atoms with Gasteiger partial charge in [0.1, 0.15) is 11.3 Å². The van der Waals surface area contributed by atoms with E-state index in [2.05, 4.69) is 36.1 Å². The van der Waals surface area contributed by atoms with Crippen LogP contribution in [-0.2, 0) is 6.42 Å². The molecule has 8 nitrogen and oxygen atoms in total. The average molecular weight is 519 g/mol. The van der Waals surface area contributed by atoms with Gasteiger partial charge in [-0.05, 0) is 92.8 Å². The van der Waals surface area contributed by atoms with Crippen molar-refractivity contribution in [2.24, 2.45) is 0 Å². The molecule has 39 heavy (non-hydrogen) atoms. The molecule has 0 amide bonds. The van der Waals surface area contributed by atoms with E-state index in [1.807, 2.05) is 36.7 Å². The summed E-state index contributed by atoms with van der Waals surface area (Å²) in [6.07, 6.45) is 10.2. The van der Waals surface area contributed by atoms with Gasteiger partial charge >= 0.3 is 0 Å². The average Bonchev–Trinajstić information content (AvgIpc) is 3.72. The summed E-state index contributed by atoms with van der Waals surface area (Å²) in [6, 6.07) is 14.5. The predicted molar refractivity (Wildman–Crippen MR) is 149 cm³/mol. The number of fused-ring (bicyclic) bond motifs is 2. The van der Waals surface area contributed by atoms with Gasteiger partial charge in [-0.1, -0.05) is 12.1 Å². The number of halogens is 1. The van der Waals surface area contributed by atoms with Gasteiger partial charge < -0.3 is 9.88 Å². The van der Waals surface area contributed by atoms with Crippen molar-refractivity contribution < 1.29 is 4.39 Å². The maximum Gasteiger partial charge on any atom is 0.178 e. The molecule has 1 fully saturated rings. The molecule has 0 spiro atoms. The van der Waals surface area contributed by atoms with Gasteiger partial charge in [0.2, 0.25) is 0 Å². The van der Waals surface area contributed by atoms with Crippen molar-refractivity contribution in [2.75, 3.05) is 19.6 Å². The number of aromatic amines is 2. The lowest BCUT2D eigenvalue weighted by molar-refractivity contribution is 0.334. The Morgan fingerprint density at radius 3 is 2.77 bits per heavy atom. The number of rotatable bonds is 7. The molecule has 0 atom stereocenters. The lowest BCUT2D eigenvalue weighted by atomic mass is 10.1. The number of likely N-dealkylation sites (tertiary alicyclic amines) is 1. The van der Waals surface area contributed by atoms with Gasteiger partial charge in [-0.3, -0.25) is 10.1 Å². The number of benzene rings is 1. The van der Waals surface area contributed by atoms with Crippen LogP contribution in [0.25, 0.3) is 56.1 Å². The largest absolute Gasteiger partial charge is 0.335 e. The Kier molecular flexibility index (Phi) is 6.05. The number of imidazole rings is 1. The maximum absolute atomic E-state index is 13.9. The molecule has 0 aliphatic carbocycles. The van der Waals surface area contributed by atoms with Crippen molar-refractivity contribution in [1.82, 2.24) is 40.0 Å². The zero-order chi connectivity index (χ0) is 26.2. The molecule has 194 valence electrons. The minimum atomic E-state index is -0.294. The predicted octanol–water partition coefficient (Wildman–Crippen LogP) is 5.79. The van der Waals surface area contributed by atoms with Crippen LogP contribution in [0.2, 0.25) is 0 Å². The van der Waals surface area contributed by atoms with E-state index in [4.69, 9.17) is 9.97 Å². The molecule has 2 N–H and O–H groups in total. The van der Waals surface area contributed by atoms with Gasteiger partial charge in [0.05, 0.1) is 16.7 Å². The van der Waals surface area contributed by atoms with E-state index in [-0.39, 0.29) is 5.82 Å². The number of pyridine rings is 3. The molecule has 1 aliphatic heterocycles. The van der Waals surface area contributed by atoms with Crippen LogP contribution in [0.1, 0.15) is 24.8 Å². The number of H-pyrrole nitrogens is 2. The first-order valence-corrected chi connectivity index (χ1v) is 13.3. The molecular weight excluding hydrogens is 491 g/mol. The van der Waals surface area contributed by atoms with Crippen molar-refractivity contribution >= 4 is 22.2 Å². The van der Waals surface area contributed by atoms with E-state index in [0.717, 1.165) is 52.8 Å². The van der Waals surface area contributed by atoms with Crippen LogP contribution in [0.5, 0.6) is 0 Å². The monoisotopic (exact) mass is 518 g/mol. The van der Waals surface area contributed by atoms with E-state index in [1.165, 1.54) is 43.6 Å². The molecule has 6 heterocycles. The first kappa shape index (κ1) is 23.6. The van der Waals surface area contributed by atoms with Gasteiger partial charge in [0.25, 0.3) is 0 Å². The Hall–Kier alpha value is -4.50.